The van der Waals surface area contributed by atoms with Crippen LogP contribution in [-0.2, 0) is 22.4 Å². The Morgan fingerprint density at radius 1 is 1.14 bits per heavy atom. The second kappa shape index (κ2) is 7.28. The van der Waals surface area contributed by atoms with Crippen LogP contribution in [-0.4, -0.2) is 23.0 Å². The van der Waals surface area contributed by atoms with E-state index in [2.05, 4.69) is 5.32 Å². The standard InChI is InChI=1S/C16H17NO4/c18-15(9-8-13-7-4-10-21-13)17-14(16(19)20)11-12-5-2-1-3-6-12/h1-7,10,14H,8-9,11H2,(H,17,18)(H,19,20)/t14-/m0/s1. The smallest absolute Gasteiger partial charge is 0.326 e. The molecule has 0 aliphatic carbocycles. The Bertz CT molecular complexity index is 578. The molecule has 0 bridgehead atoms. The molecular weight excluding hydrogens is 270 g/mol. The zero-order valence-corrected chi connectivity index (χ0v) is 11.5. The minimum atomic E-state index is -1.04. The number of aryl methyl sites for hydroxylation is 1. The van der Waals surface area contributed by atoms with E-state index in [9.17, 15) is 14.7 Å². The number of hydrogen-bond acceptors (Lipinski definition) is 3. The van der Waals surface area contributed by atoms with E-state index in [1.807, 2.05) is 30.3 Å². The molecule has 1 atom stereocenters. The lowest BCUT2D eigenvalue weighted by Crippen LogP contribution is -2.42. The Labute approximate surface area is 122 Å². The second-order valence-corrected chi connectivity index (χ2v) is 4.73. The first-order valence-electron chi connectivity index (χ1n) is 6.73. The van der Waals surface area contributed by atoms with Crippen LogP contribution in [0.15, 0.2) is 53.1 Å². The van der Waals surface area contributed by atoms with Crippen LogP contribution in [0.2, 0.25) is 0 Å². The Kier molecular flexibility index (Phi) is 5.15. The highest BCUT2D eigenvalue weighted by atomic mass is 16.4. The summed E-state index contributed by atoms with van der Waals surface area (Å²) in [5, 5.41) is 11.7. The van der Waals surface area contributed by atoms with Crippen molar-refractivity contribution in [2.45, 2.75) is 25.3 Å². The first-order valence-corrected chi connectivity index (χ1v) is 6.73. The van der Waals surface area contributed by atoms with Crippen LogP contribution in [0.1, 0.15) is 17.7 Å². The molecule has 1 aromatic heterocycles. The molecular formula is C16H17NO4. The average molecular weight is 287 g/mol. The third kappa shape index (κ3) is 4.80. The fourth-order valence-electron chi connectivity index (χ4n) is 2.01. The van der Waals surface area contributed by atoms with Crippen molar-refractivity contribution >= 4 is 11.9 Å². The number of hydrogen-bond donors (Lipinski definition) is 2. The minimum Gasteiger partial charge on any atom is -0.480 e. The third-order valence-electron chi connectivity index (χ3n) is 3.09. The lowest BCUT2D eigenvalue weighted by atomic mass is 10.1. The molecule has 0 fully saturated rings. The van der Waals surface area contributed by atoms with Gasteiger partial charge in [0.1, 0.15) is 11.8 Å². The van der Waals surface area contributed by atoms with Crippen molar-refractivity contribution in [1.82, 2.24) is 5.32 Å². The number of carboxylic acid groups (broad SMARTS) is 1. The van der Waals surface area contributed by atoms with Crippen LogP contribution in [0, 0.1) is 0 Å². The lowest BCUT2D eigenvalue weighted by molar-refractivity contribution is -0.141. The van der Waals surface area contributed by atoms with Gasteiger partial charge in [0.2, 0.25) is 5.91 Å². The highest BCUT2D eigenvalue weighted by Crippen LogP contribution is 2.06. The van der Waals surface area contributed by atoms with E-state index in [0.717, 1.165) is 5.56 Å². The Balaban J connectivity index is 1.87. The minimum absolute atomic E-state index is 0.200. The molecule has 5 heteroatoms. The Morgan fingerprint density at radius 2 is 1.90 bits per heavy atom. The Morgan fingerprint density at radius 3 is 2.52 bits per heavy atom. The number of carbonyl (C=O) groups is 2. The van der Waals surface area contributed by atoms with E-state index < -0.39 is 12.0 Å². The molecule has 1 aromatic carbocycles. The predicted molar refractivity (Wildman–Crippen MR) is 76.7 cm³/mol. The summed E-state index contributed by atoms with van der Waals surface area (Å²) in [6.07, 6.45) is 2.47. The van der Waals surface area contributed by atoms with Crippen molar-refractivity contribution in [3.8, 4) is 0 Å². The van der Waals surface area contributed by atoms with Crippen LogP contribution in [0.25, 0.3) is 0 Å². The summed E-state index contributed by atoms with van der Waals surface area (Å²) in [7, 11) is 0. The van der Waals surface area contributed by atoms with E-state index in [4.69, 9.17) is 4.42 Å². The average Bonchev–Trinajstić information content (AvgIpc) is 2.99. The van der Waals surface area contributed by atoms with Gasteiger partial charge in [-0.05, 0) is 17.7 Å². The van der Waals surface area contributed by atoms with Gasteiger partial charge >= 0.3 is 5.97 Å². The molecule has 1 heterocycles. The molecule has 110 valence electrons. The van der Waals surface area contributed by atoms with Gasteiger partial charge in [0, 0.05) is 19.3 Å². The van der Waals surface area contributed by atoms with Crippen molar-refractivity contribution in [3.05, 3.63) is 60.1 Å². The zero-order valence-electron chi connectivity index (χ0n) is 11.5. The fraction of sp³-hybridized carbons (Fsp3) is 0.250. The maximum Gasteiger partial charge on any atom is 0.326 e. The van der Waals surface area contributed by atoms with Gasteiger partial charge in [-0.2, -0.15) is 0 Å². The molecule has 0 radical (unpaired) electrons. The van der Waals surface area contributed by atoms with Crippen LogP contribution < -0.4 is 5.32 Å². The number of aliphatic carboxylic acids is 1. The fourth-order valence-corrected chi connectivity index (χ4v) is 2.01. The summed E-state index contributed by atoms with van der Waals surface area (Å²) in [5.41, 5.74) is 0.872. The van der Waals surface area contributed by atoms with Crippen molar-refractivity contribution in [2.75, 3.05) is 0 Å². The molecule has 2 rings (SSSR count). The SMILES string of the molecule is O=C(CCc1ccco1)N[C@@H](Cc1ccccc1)C(=O)O. The number of benzene rings is 1. The van der Waals surface area contributed by atoms with E-state index in [0.29, 0.717) is 12.2 Å². The quantitative estimate of drug-likeness (QED) is 0.816. The molecule has 0 unspecified atom stereocenters. The Hall–Kier alpha value is -2.56. The third-order valence-corrected chi connectivity index (χ3v) is 3.09. The molecule has 21 heavy (non-hydrogen) atoms. The summed E-state index contributed by atoms with van der Waals surface area (Å²) in [6, 6.07) is 11.8. The summed E-state index contributed by atoms with van der Waals surface area (Å²) in [6.45, 7) is 0. The van der Waals surface area contributed by atoms with Gasteiger partial charge in [0.15, 0.2) is 0 Å². The number of carbonyl (C=O) groups excluding carboxylic acids is 1. The van der Waals surface area contributed by atoms with Crippen LogP contribution in [0.3, 0.4) is 0 Å². The van der Waals surface area contributed by atoms with Gasteiger partial charge in [-0.25, -0.2) is 4.79 Å². The molecule has 0 aliphatic heterocycles. The molecule has 0 saturated carbocycles. The summed E-state index contributed by atoms with van der Waals surface area (Å²) in [5.74, 6) is -0.625. The van der Waals surface area contributed by atoms with E-state index >= 15 is 0 Å². The van der Waals surface area contributed by atoms with Crippen LogP contribution in [0.5, 0.6) is 0 Å². The highest BCUT2D eigenvalue weighted by Gasteiger charge is 2.20. The topological polar surface area (TPSA) is 79.5 Å². The van der Waals surface area contributed by atoms with Crippen LogP contribution in [0.4, 0.5) is 0 Å². The number of nitrogens with one attached hydrogen (secondary N) is 1. The number of furan rings is 1. The molecule has 5 nitrogen and oxygen atoms in total. The molecule has 2 aromatic rings. The second-order valence-electron chi connectivity index (χ2n) is 4.73. The highest BCUT2D eigenvalue weighted by molar-refractivity contribution is 5.83. The van der Waals surface area contributed by atoms with Crippen molar-refractivity contribution in [1.29, 1.82) is 0 Å². The first-order chi connectivity index (χ1) is 10.1. The normalized spacial score (nSPS) is 11.8. The predicted octanol–water partition coefficient (Wildman–Crippen LogP) is 2.02. The van der Waals surface area contributed by atoms with Crippen molar-refractivity contribution < 1.29 is 19.1 Å². The van der Waals surface area contributed by atoms with Gasteiger partial charge in [-0.1, -0.05) is 30.3 Å². The van der Waals surface area contributed by atoms with E-state index in [-0.39, 0.29) is 18.7 Å². The van der Waals surface area contributed by atoms with Gasteiger partial charge in [0.05, 0.1) is 6.26 Å². The monoisotopic (exact) mass is 287 g/mol. The van der Waals surface area contributed by atoms with E-state index in [1.165, 1.54) is 0 Å². The van der Waals surface area contributed by atoms with Crippen LogP contribution >= 0.6 is 0 Å². The lowest BCUT2D eigenvalue weighted by Gasteiger charge is -2.14. The zero-order chi connectivity index (χ0) is 15.1. The number of amides is 1. The maximum absolute atomic E-state index is 11.8. The molecule has 0 aliphatic rings. The molecule has 0 spiro atoms. The van der Waals surface area contributed by atoms with Gasteiger partial charge in [-0.15, -0.1) is 0 Å². The largest absolute Gasteiger partial charge is 0.480 e. The van der Waals surface area contributed by atoms with Gasteiger partial charge in [0.25, 0.3) is 0 Å². The number of carboxylic acids is 1. The molecule has 1 amide bonds. The maximum atomic E-state index is 11.8. The van der Waals surface area contributed by atoms with Gasteiger partial charge in [-0.3, -0.25) is 4.79 Å². The van der Waals surface area contributed by atoms with E-state index in [1.54, 1.807) is 18.4 Å². The summed E-state index contributed by atoms with van der Waals surface area (Å²) in [4.78, 5) is 23.1. The number of rotatable bonds is 7. The van der Waals surface area contributed by atoms with Crippen molar-refractivity contribution in [2.24, 2.45) is 0 Å². The summed E-state index contributed by atoms with van der Waals surface area (Å²) >= 11 is 0. The van der Waals surface area contributed by atoms with Crippen molar-refractivity contribution in [3.63, 3.8) is 0 Å². The first kappa shape index (κ1) is 14.8. The summed E-state index contributed by atoms with van der Waals surface area (Å²) < 4.78 is 5.14. The molecule has 0 saturated heterocycles. The molecule has 2 N–H and O–H groups in total. The van der Waals surface area contributed by atoms with Gasteiger partial charge < -0.3 is 14.8 Å².